The number of rotatable bonds is 12. The molecule has 0 aromatic rings. The molecular weight excluding hydrogens is 232 g/mol. The second-order valence-corrected chi connectivity index (χ2v) is 4.35. The maximum atomic E-state index is 11.5. The fraction of sp³-hybridized carbons (Fsp3) is 0.923. The SMILES string of the molecule is CCC(CCN)CCC(=O)NCCOCCOC. The molecule has 5 nitrogen and oxygen atoms in total. The summed E-state index contributed by atoms with van der Waals surface area (Å²) in [6.07, 6.45) is 3.59. The van der Waals surface area contributed by atoms with Crippen LogP contribution < -0.4 is 11.1 Å². The van der Waals surface area contributed by atoms with E-state index in [9.17, 15) is 4.79 Å². The van der Waals surface area contributed by atoms with Crippen LogP contribution in [0.15, 0.2) is 0 Å². The molecule has 0 fully saturated rings. The smallest absolute Gasteiger partial charge is 0.220 e. The monoisotopic (exact) mass is 260 g/mol. The Hall–Kier alpha value is -0.650. The number of nitrogens with one attached hydrogen (secondary N) is 1. The Balaban J connectivity index is 3.41. The van der Waals surface area contributed by atoms with E-state index < -0.39 is 0 Å². The van der Waals surface area contributed by atoms with Crippen molar-refractivity contribution in [2.75, 3.05) is 40.0 Å². The summed E-state index contributed by atoms with van der Waals surface area (Å²) in [4.78, 5) is 11.5. The molecule has 3 N–H and O–H groups in total. The van der Waals surface area contributed by atoms with Crippen LogP contribution >= 0.6 is 0 Å². The van der Waals surface area contributed by atoms with Gasteiger partial charge in [0, 0.05) is 20.1 Å². The summed E-state index contributed by atoms with van der Waals surface area (Å²) in [5, 5.41) is 2.85. The largest absolute Gasteiger partial charge is 0.382 e. The number of ether oxygens (including phenoxy) is 2. The van der Waals surface area contributed by atoms with Crippen molar-refractivity contribution in [1.29, 1.82) is 0 Å². The van der Waals surface area contributed by atoms with E-state index in [-0.39, 0.29) is 5.91 Å². The third-order valence-electron chi connectivity index (χ3n) is 2.93. The van der Waals surface area contributed by atoms with Gasteiger partial charge in [-0.15, -0.1) is 0 Å². The van der Waals surface area contributed by atoms with E-state index in [2.05, 4.69) is 12.2 Å². The fourth-order valence-electron chi connectivity index (χ4n) is 1.72. The van der Waals surface area contributed by atoms with Crippen molar-refractivity contribution in [2.45, 2.75) is 32.6 Å². The zero-order chi connectivity index (χ0) is 13.6. The second kappa shape index (κ2) is 12.8. The lowest BCUT2D eigenvalue weighted by Crippen LogP contribution is -2.28. The van der Waals surface area contributed by atoms with Crippen molar-refractivity contribution in [3.8, 4) is 0 Å². The lowest BCUT2D eigenvalue weighted by atomic mass is 9.96. The summed E-state index contributed by atoms with van der Waals surface area (Å²) >= 11 is 0. The minimum absolute atomic E-state index is 0.0980. The molecule has 0 bridgehead atoms. The number of amides is 1. The summed E-state index contributed by atoms with van der Waals surface area (Å²) in [5.41, 5.74) is 5.52. The van der Waals surface area contributed by atoms with E-state index in [0.29, 0.717) is 45.2 Å². The van der Waals surface area contributed by atoms with Crippen molar-refractivity contribution in [2.24, 2.45) is 11.7 Å². The highest BCUT2D eigenvalue weighted by atomic mass is 16.5. The first kappa shape index (κ1) is 17.4. The minimum Gasteiger partial charge on any atom is -0.382 e. The number of hydrogen-bond donors (Lipinski definition) is 2. The molecule has 5 heteroatoms. The molecule has 0 spiro atoms. The molecule has 1 unspecified atom stereocenters. The van der Waals surface area contributed by atoms with Gasteiger partial charge in [-0.3, -0.25) is 4.79 Å². The minimum atomic E-state index is 0.0980. The molecule has 0 aliphatic rings. The van der Waals surface area contributed by atoms with Gasteiger partial charge >= 0.3 is 0 Å². The van der Waals surface area contributed by atoms with E-state index >= 15 is 0 Å². The van der Waals surface area contributed by atoms with E-state index in [4.69, 9.17) is 15.2 Å². The molecule has 108 valence electrons. The molecule has 0 radical (unpaired) electrons. The summed E-state index contributed by atoms with van der Waals surface area (Å²) in [7, 11) is 1.64. The standard InChI is InChI=1S/C13H28N2O3/c1-3-12(6-7-14)4-5-13(16)15-8-9-18-11-10-17-2/h12H,3-11,14H2,1-2H3,(H,15,16). The number of hydrogen-bond acceptors (Lipinski definition) is 4. The van der Waals surface area contributed by atoms with Crippen LogP contribution in [0.5, 0.6) is 0 Å². The first-order valence-corrected chi connectivity index (χ1v) is 6.78. The molecule has 0 heterocycles. The molecule has 18 heavy (non-hydrogen) atoms. The van der Waals surface area contributed by atoms with Crippen molar-refractivity contribution in [1.82, 2.24) is 5.32 Å². The molecular formula is C13H28N2O3. The Morgan fingerprint density at radius 2 is 2.06 bits per heavy atom. The predicted octanol–water partition coefficient (Wildman–Crippen LogP) is 0.921. The topological polar surface area (TPSA) is 73.6 Å². The third kappa shape index (κ3) is 10.5. The molecule has 0 aliphatic heterocycles. The lowest BCUT2D eigenvalue weighted by Gasteiger charge is -2.13. The number of methoxy groups -OCH3 is 1. The fourth-order valence-corrected chi connectivity index (χ4v) is 1.72. The first-order valence-electron chi connectivity index (χ1n) is 6.78. The van der Waals surface area contributed by atoms with Crippen molar-refractivity contribution in [3.63, 3.8) is 0 Å². The Morgan fingerprint density at radius 1 is 1.28 bits per heavy atom. The van der Waals surface area contributed by atoms with Crippen LogP contribution in [-0.4, -0.2) is 45.9 Å². The van der Waals surface area contributed by atoms with Gasteiger partial charge in [0.15, 0.2) is 0 Å². The Labute approximate surface area is 110 Å². The Kier molecular flexibility index (Phi) is 12.3. The summed E-state index contributed by atoms with van der Waals surface area (Å²) in [5.74, 6) is 0.666. The van der Waals surface area contributed by atoms with Gasteiger partial charge in [0.25, 0.3) is 0 Å². The van der Waals surface area contributed by atoms with E-state index in [1.807, 2.05) is 0 Å². The van der Waals surface area contributed by atoms with E-state index in [0.717, 1.165) is 19.3 Å². The molecule has 0 rings (SSSR count). The van der Waals surface area contributed by atoms with E-state index in [1.165, 1.54) is 0 Å². The molecule has 0 aromatic heterocycles. The summed E-state index contributed by atoms with van der Waals surface area (Å²) in [6.45, 7) is 5.10. The number of nitrogens with two attached hydrogens (primary N) is 1. The summed E-state index contributed by atoms with van der Waals surface area (Å²) in [6, 6.07) is 0. The highest BCUT2D eigenvalue weighted by Gasteiger charge is 2.08. The average molecular weight is 260 g/mol. The van der Waals surface area contributed by atoms with Crippen LogP contribution in [0.4, 0.5) is 0 Å². The van der Waals surface area contributed by atoms with E-state index in [1.54, 1.807) is 7.11 Å². The van der Waals surface area contributed by atoms with Crippen LogP contribution in [0.2, 0.25) is 0 Å². The molecule has 0 saturated heterocycles. The van der Waals surface area contributed by atoms with Gasteiger partial charge in [-0.2, -0.15) is 0 Å². The first-order chi connectivity index (χ1) is 8.74. The van der Waals surface area contributed by atoms with Crippen LogP contribution in [-0.2, 0) is 14.3 Å². The van der Waals surface area contributed by atoms with Gasteiger partial charge in [0.2, 0.25) is 5.91 Å². The van der Waals surface area contributed by atoms with Gasteiger partial charge in [0.05, 0.1) is 19.8 Å². The summed E-state index contributed by atoms with van der Waals surface area (Å²) < 4.78 is 10.1. The second-order valence-electron chi connectivity index (χ2n) is 4.35. The maximum absolute atomic E-state index is 11.5. The highest BCUT2D eigenvalue weighted by molar-refractivity contribution is 5.75. The van der Waals surface area contributed by atoms with Gasteiger partial charge in [-0.05, 0) is 25.3 Å². The van der Waals surface area contributed by atoms with Crippen molar-refractivity contribution in [3.05, 3.63) is 0 Å². The Bertz CT molecular complexity index is 201. The lowest BCUT2D eigenvalue weighted by molar-refractivity contribution is -0.121. The van der Waals surface area contributed by atoms with Crippen molar-refractivity contribution >= 4 is 5.91 Å². The highest BCUT2D eigenvalue weighted by Crippen LogP contribution is 2.13. The molecule has 1 amide bonds. The number of carbonyl (C=O) groups is 1. The molecule has 0 saturated carbocycles. The Morgan fingerprint density at radius 3 is 2.67 bits per heavy atom. The van der Waals surface area contributed by atoms with Crippen LogP contribution in [0.1, 0.15) is 32.6 Å². The van der Waals surface area contributed by atoms with Gasteiger partial charge in [-0.1, -0.05) is 13.3 Å². The van der Waals surface area contributed by atoms with Gasteiger partial charge in [0.1, 0.15) is 0 Å². The predicted molar refractivity (Wildman–Crippen MR) is 72.4 cm³/mol. The number of carbonyl (C=O) groups excluding carboxylic acids is 1. The van der Waals surface area contributed by atoms with Crippen LogP contribution in [0.25, 0.3) is 0 Å². The van der Waals surface area contributed by atoms with Crippen LogP contribution in [0, 0.1) is 5.92 Å². The van der Waals surface area contributed by atoms with Gasteiger partial charge in [-0.25, -0.2) is 0 Å². The zero-order valence-corrected chi connectivity index (χ0v) is 11.7. The zero-order valence-electron chi connectivity index (χ0n) is 11.7. The molecule has 1 atom stereocenters. The quantitative estimate of drug-likeness (QED) is 0.512. The normalized spacial score (nSPS) is 12.4. The average Bonchev–Trinajstić information content (AvgIpc) is 2.38. The third-order valence-corrected chi connectivity index (χ3v) is 2.93. The maximum Gasteiger partial charge on any atom is 0.220 e. The van der Waals surface area contributed by atoms with Crippen molar-refractivity contribution < 1.29 is 14.3 Å². The van der Waals surface area contributed by atoms with Gasteiger partial charge < -0.3 is 20.5 Å². The van der Waals surface area contributed by atoms with Crippen LogP contribution in [0.3, 0.4) is 0 Å². The molecule has 0 aliphatic carbocycles. The molecule has 0 aromatic carbocycles.